The molecule has 1 saturated carbocycles. The Morgan fingerprint density at radius 2 is 1.88 bits per heavy atom. The zero-order valence-electron chi connectivity index (χ0n) is 11.7. The molecule has 1 fully saturated rings. The van der Waals surface area contributed by atoms with Crippen LogP contribution in [-0.2, 0) is 9.53 Å². The molecule has 1 aliphatic carbocycles. The molecule has 0 N–H and O–H groups in total. The average Bonchev–Trinajstić information content (AvgIpc) is 2.36. The van der Waals surface area contributed by atoms with Gasteiger partial charge in [0, 0.05) is 13.0 Å². The van der Waals surface area contributed by atoms with E-state index in [0.29, 0.717) is 30.6 Å². The lowest BCUT2D eigenvalue weighted by molar-refractivity contribution is -0.135. The Bertz CT molecular complexity index is 219. The third-order valence-corrected chi connectivity index (χ3v) is 3.99. The van der Waals surface area contributed by atoms with Gasteiger partial charge in [-0.1, -0.05) is 39.5 Å². The standard InChI is InChI=1S/C15H28O2/c1-4-12(3)11-14(16)15(17-5-2)13-9-7-6-8-10-13/h12-13,15H,4-11H2,1-3H3. The lowest BCUT2D eigenvalue weighted by Gasteiger charge is -2.29. The summed E-state index contributed by atoms with van der Waals surface area (Å²) in [7, 11) is 0. The Hall–Kier alpha value is -0.370. The zero-order valence-corrected chi connectivity index (χ0v) is 11.7. The fourth-order valence-corrected chi connectivity index (χ4v) is 2.71. The number of Topliss-reactive ketones (excluding diaryl/α,β-unsaturated/α-hetero) is 1. The first-order chi connectivity index (χ1) is 8.19. The van der Waals surface area contributed by atoms with Crippen molar-refractivity contribution >= 4 is 5.78 Å². The lowest BCUT2D eigenvalue weighted by atomic mass is 9.82. The van der Waals surface area contributed by atoms with Gasteiger partial charge in [-0.05, 0) is 31.6 Å². The number of ketones is 1. The Labute approximate surface area is 106 Å². The number of rotatable bonds is 7. The van der Waals surface area contributed by atoms with Crippen LogP contribution in [0.3, 0.4) is 0 Å². The van der Waals surface area contributed by atoms with Gasteiger partial charge in [-0.3, -0.25) is 4.79 Å². The molecule has 2 nitrogen and oxygen atoms in total. The van der Waals surface area contributed by atoms with Crippen LogP contribution in [0.2, 0.25) is 0 Å². The third kappa shape index (κ3) is 4.79. The second-order valence-corrected chi connectivity index (χ2v) is 5.46. The molecule has 0 heterocycles. The van der Waals surface area contributed by atoms with Gasteiger partial charge in [0.2, 0.25) is 0 Å². The minimum absolute atomic E-state index is 0.116. The van der Waals surface area contributed by atoms with Crippen LogP contribution in [0.15, 0.2) is 0 Å². The van der Waals surface area contributed by atoms with Crippen molar-refractivity contribution in [1.82, 2.24) is 0 Å². The highest BCUT2D eigenvalue weighted by Gasteiger charge is 2.30. The summed E-state index contributed by atoms with van der Waals surface area (Å²) in [4.78, 5) is 12.3. The van der Waals surface area contributed by atoms with E-state index < -0.39 is 0 Å². The van der Waals surface area contributed by atoms with Crippen LogP contribution >= 0.6 is 0 Å². The Kier molecular flexibility index (Phi) is 6.79. The van der Waals surface area contributed by atoms with Gasteiger partial charge in [0.05, 0.1) is 0 Å². The maximum atomic E-state index is 12.3. The number of hydrogen-bond acceptors (Lipinski definition) is 2. The van der Waals surface area contributed by atoms with E-state index in [1.165, 1.54) is 32.1 Å². The van der Waals surface area contributed by atoms with Gasteiger partial charge >= 0.3 is 0 Å². The van der Waals surface area contributed by atoms with E-state index in [1.807, 2.05) is 6.92 Å². The van der Waals surface area contributed by atoms with Crippen molar-refractivity contribution in [2.75, 3.05) is 6.61 Å². The molecular weight excluding hydrogens is 212 g/mol. The van der Waals surface area contributed by atoms with Crippen molar-refractivity contribution < 1.29 is 9.53 Å². The van der Waals surface area contributed by atoms with Gasteiger partial charge in [-0.25, -0.2) is 0 Å². The maximum absolute atomic E-state index is 12.3. The van der Waals surface area contributed by atoms with Gasteiger partial charge in [0.25, 0.3) is 0 Å². The summed E-state index contributed by atoms with van der Waals surface area (Å²) in [6.07, 6.45) is 7.88. The Morgan fingerprint density at radius 1 is 1.24 bits per heavy atom. The van der Waals surface area contributed by atoms with Gasteiger partial charge < -0.3 is 4.74 Å². The summed E-state index contributed by atoms with van der Waals surface area (Å²) < 4.78 is 5.74. The van der Waals surface area contributed by atoms with E-state index in [1.54, 1.807) is 0 Å². The molecule has 0 spiro atoms. The monoisotopic (exact) mass is 240 g/mol. The molecule has 0 amide bonds. The summed E-state index contributed by atoms with van der Waals surface area (Å²) in [6.45, 7) is 6.95. The van der Waals surface area contributed by atoms with E-state index in [-0.39, 0.29) is 6.10 Å². The van der Waals surface area contributed by atoms with Crippen LogP contribution in [0.4, 0.5) is 0 Å². The summed E-state index contributed by atoms with van der Waals surface area (Å²) in [6, 6.07) is 0. The minimum Gasteiger partial charge on any atom is -0.370 e. The number of hydrogen-bond donors (Lipinski definition) is 0. The van der Waals surface area contributed by atoms with Crippen molar-refractivity contribution in [2.24, 2.45) is 11.8 Å². The van der Waals surface area contributed by atoms with Crippen molar-refractivity contribution in [3.63, 3.8) is 0 Å². The molecule has 2 unspecified atom stereocenters. The molecule has 1 rings (SSSR count). The quantitative estimate of drug-likeness (QED) is 0.673. The number of carbonyl (C=O) groups is 1. The summed E-state index contributed by atoms with van der Waals surface area (Å²) >= 11 is 0. The first kappa shape index (κ1) is 14.7. The van der Waals surface area contributed by atoms with E-state index in [4.69, 9.17) is 4.74 Å². The summed E-state index contributed by atoms with van der Waals surface area (Å²) in [5.74, 6) is 1.32. The van der Waals surface area contributed by atoms with Crippen molar-refractivity contribution in [1.29, 1.82) is 0 Å². The minimum atomic E-state index is -0.116. The molecule has 1 aliphatic rings. The van der Waals surface area contributed by atoms with Crippen LogP contribution < -0.4 is 0 Å². The second kappa shape index (κ2) is 7.86. The highest BCUT2D eigenvalue weighted by molar-refractivity contribution is 5.83. The van der Waals surface area contributed by atoms with Gasteiger partial charge in [0.1, 0.15) is 6.10 Å². The van der Waals surface area contributed by atoms with Gasteiger partial charge in [-0.2, -0.15) is 0 Å². The highest BCUT2D eigenvalue weighted by Crippen LogP contribution is 2.29. The summed E-state index contributed by atoms with van der Waals surface area (Å²) in [5, 5.41) is 0. The predicted molar refractivity (Wildman–Crippen MR) is 71.1 cm³/mol. The Balaban J connectivity index is 2.53. The fraction of sp³-hybridized carbons (Fsp3) is 0.933. The molecule has 0 aliphatic heterocycles. The Morgan fingerprint density at radius 3 is 2.41 bits per heavy atom. The van der Waals surface area contributed by atoms with Crippen molar-refractivity contribution in [3.8, 4) is 0 Å². The molecule has 0 aromatic heterocycles. The normalized spacial score (nSPS) is 21.1. The van der Waals surface area contributed by atoms with Crippen molar-refractivity contribution in [2.45, 2.75) is 71.8 Å². The predicted octanol–water partition coefficient (Wildman–Crippen LogP) is 3.98. The van der Waals surface area contributed by atoms with Crippen LogP contribution in [0.25, 0.3) is 0 Å². The SMILES string of the molecule is CCOC(C(=O)CC(C)CC)C1CCCCC1. The maximum Gasteiger partial charge on any atom is 0.162 e. The molecule has 2 heteroatoms. The first-order valence-corrected chi connectivity index (χ1v) is 7.33. The zero-order chi connectivity index (χ0) is 12.7. The third-order valence-electron chi connectivity index (χ3n) is 3.99. The second-order valence-electron chi connectivity index (χ2n) is 5.46. The molecule has 17 heavy (non-hydrogen) atoms. The highest BCUT2D eigenvalue weighted by atomic mass is 16.5. The lowest BCUT2D eigenvalue weighted by Crippen LogP contribution is -2.34. The largest absolute Gasteiger partial charge is 0.370 e. The van der Waals surface area contributed by atoms with E-state index >= 15 is 0 Å². The molecule has 0 aromatic rings. The van der Waals surface area contributed by atoms with Crippen LogP contribution in [0, 0.1) is 11.8 Å². The summed E-state index contributed by atoms with van der Waals surface area (Å²) in [5.41, 5.74) is 0. The molecule has 100 valence electrons. The smallest absolute Gasteiger partial charge is 0.162 e. The van der Waals surface area contributed by atoms with Gasteiger partial charge in [-0.15, -0.1) is 0 Å². The molecule has 0 aromatic carbocycles. The number of ether oxygens (including phenoxy) is 1. The molecule has 2 atom stereocenters. The van der Waals surface area contributed by atoms with E-state index in [9.17, 15) is 4.79 Å². The molecule has 0 radical (unpaired) electrons. The molecule has 0 bridgehead atoms. The molecular formula is C15H28O2. The van der Waals surface area contributed by atoms with Crippen molar-refractivity contribution in [3.05, 3.63) is 0 Å². The van der Waals surface area contributed by atoms with Crippen LogP contribution in [0.1, 0.15) is 65.7 Å². The first-order valence-electron chi connectivity index (χ1n) is 7.33. The number of carbonyl (C=O) groups excluding carboxylic acids is 1. The van der Waals surface area contributed by atoms with Crippen LogP contribution in [0.5, 0.6) is 0 Å². The van der Waals surface area contributed by atoms with Gasteiger partial charge in [0.15, 0.2) is 5.78 Å². The average molecular weight is 240 g/mol. The van der Waals surface area contributed by atoms with E-state index in [2.05, 4.69) is 13.8 Å². The fourth-order valence-electron chi connectivity index (χ4n) is 2.71. The topological polar surface area (TPSA) is 26.3 Å². The van der Waals surface area contributed by atoms with E-state index in [0.717, 1.165) is 6.42 Å². The van der Waals surface area contributed by atoms with Crippen LogP contribution in [-0.4, -0.2) is 18.5 Å². The molecule has 0 saturated heterocycles.